The van der Waals surface area contributed by atoms with Crippen LogP contribution in [-0.4, -0.2) is 32.8 Å². The first-order valence-corrected chi connectivity index (χ1v) is 7.23. The second-order valence-corrected chi connectivity index (χ2v) is 6.41. The molecule has 1 aromatic rings. The summed E-state index contributed by atoms with van der Waals surface area (Å²) < 4.78 is 0.778. The maximum Gasteiger partial charge on any atom is 0.146 e. The third kappa shape index (κ3) is 4.04. The molecule has 0 bridgehead atoms. The number of nitrogens with one attached hydrogen (secondary N) is 2. The van der Waals surface area contributed by atoms with Gasteiger partial charge in [-0.05, 0) is 50.0 Å². The van der Waals surface area contributed by atoms with Gasteiger partial charge in [0.2, 0.25) is 0 Å². The molecular formula is C13H23BrN4O. The van der Waals surface area contributed by atoms with Crippen molar-refractivity contribution in [3.8, 4) is 0 Å². The average molecular weight is 331 g/mol. The molecule has 0 saturated heterocycles. The second kappa shape index (κ2) is 6.05. The van der Waals surface area contributed by atoms with Crippen molar-refractivity contribution in [1.29, 1.82) is 0 Å². The van der Waals surface area contributed by atoms with E-state index in [1.54, 1.807) is 13.8 Å². The van der Waals surface area contributed by atoms with Crippen LogP contribution in [0.15, 0.2) is 10.8 Å². The van der Waals surface area contributed by atoms with E-state index in [1.807, 2.05) is 13.8 Å². The van der Waals surface area contributed by atoms with E-state index in [4.69, 9.17) is 0 Å². The highest BCUT2D eigenvalue weighted by Gasteiger charge is 2.35. The summed E-state index contributed by atoms with van der Waals surface area (Å²) in [6.45, 7) is 10.3. The molecule has 0 aromatic carbocycles. The molecule has 6 heteroatoms. The summed E-state index contributed by atoms with van der Waals surface area (Å²) in [7, 11) is 0. The van der Waals surface area contributed by atoms with E-state index in [1.165, 1.54) is 6.33 Å². The zero-order valence-corrected chi connectivity index (χ0v) is 13.8. The van der Waals surface area contributed by atoms with Gasteiger partial charge in [0.25, 0.3) is 0 Å². The standard InChI is InChI=1S/C13H23BrN4O/c1-6-7-15-10-9(14)11(17-8-16-10)18-12(2,3)13(4,5)19/h8,19H,6-7H2,1-5H3,(H2,15,16,17,18). The third-order valence-corrected chi connectivity index (χ3v) is 4.04. The first-order chi connectivity index (χ1) is 8.69. The minimum Gasteiger partial charge on any atom is -0.388 e. The lowest BCUT2D eigenvalue weighted by Gasteiger charge is -2.38. The summed E-state index contributed by atoms with van der Waals surface area (Å²) in [4.78, 5) is 8.42. The number of nitrogens with zero attached hydrogens (tertiary/aromatic N) is 2. The molecule has 0 aliphatic heterocycles. The van der Waals surface area contributed by atoms with Crippen molar-refractivity contribution in [2.45, 2.75) is 52.2 Å². The Bertz CT molecular complexity index is 429. The SMILES string of the molecule is CCCNc1ncnc(NC(C)(C)C(C)(C)O)c1Br. The van der Waals surface area contributed by atoms with E-state index < -0.39 is 11.1 Å². The maximum absolute atomic E-state index is 10.2. The molecule has 0 fully saturated rings. The molecular weight excluding hydrogens is 308 g/mol. The highest BCUT2D eigenvalue weighted by molar-refractivity contribution is 9.10. The lowest BCUT2D eigenvalue weighted by Crippen LogP contribution is -2.51. The number of halogens is 1. The Labute approximate surface area is 123 Å². The van der Waals surface area contributed by atoms with Gasteiger partial charge in [0.15, 0.2) is 0 Å². The summed E-state index contributed by atoms with van der Waals surface area (Å²) in [5.74, 6) is 1.42. The highest BCUT2D eigenvalue weighted by Crippen LogP contribution is 2.31. The molecule has 108 valence electrons. The fourth-order valence-corrected chi connectivity index (χ4v) is 1.72. The first-order valence-electron chi connectivity index (χ1n) is 6.44. The molecule has 0 saturated carbocycles. The number of rotatable bonds is 6. The maximum atomic E-state index is 10.2. The Morgan fingerprint density at radius 3 is 2.32 bits per heavy atom. The van der Waals surface area contributed by atoms with E-state index in [0.29, 0.717) is 5.82 Å². The summed E-state index contributed by atoms with van der Waals surface area (Å²) in [5.41, 5.74) is -1.40. The Morgan fingerprint density at radius 2 is 1.79 bits per heavy atom. The number of aliphatic hydroxyl groups is 1. The van der Waals surface area contributed by atoms with Gasteiger partial charge < -0.3 is 15.7 Å². The average Bonchev–Trinajstić information content (AvgIpc) is 2.28. The number of hydrogen-bond donors (Lipinski definition) is 3. The van der Waals surface area contributed by atoms with Crippen LogP contribution in [0.5, 0.6) is 0 Å². The van der Waals surface area contributed by atoms with Gasteiger partial charge in [0, 0.05) is 6.54 Å². The molecule has 0 radical (unpaired) electrons. The van der Waals surface area contributed by atoms with Gasteiger partial charge in [-0.15, -0.1) is 0 Å². The van der Waals surface area contributed by atoms with Crippen LogP contribution in [0.1, 0.15) is 41.0 Å². The molecule has 0 spiro atoms. The highest BCUT2D eigenvalue weighted by atomic mass is 79.9. The molecule has 1 heterocycles. The zero-order valence-electron chi connectivity index (χ0n) is 12.2. The van der Waals surface area contributed by atoms with Crippen LogP contribution in [0.25, 0.3) is 0 Å². The van der Waals surface area contributed by atoms with Crippen LogP contribution in [0.2, 0.25) is 0 Å². The quantitative estimate of drug-likeness (QED) is 0.747. The van der Waals surface area contributed by atoms with Gasteiger partial charge in [0.1, 0.15) is 22.4 Å². The van der Waals surface area contributed by atoms with Gasteiger partial charge in [-0.3, -0.25) is 0 Å². The molecule has 0 amide bonds. The van der Waals surface area contributed by atoms with Gasteiger partial charge >= 0.3 is 0 Å². The van der Waals surface area contributed by atoms with E-state index in [-0.39, 0.29) is 0 Å². The summed E-state index contributed by atoms with van der Waals surface area (Å²) in [5, 5.41) is 16.7. The van der Waals surface area contributed by atoms with Gasteiger partial charge in [-0.2, -0.15) is 0 Å². The fraction of sp³-hybridized carbons (Fsp3) is 0.692. The molecule has 5 nitrogen and oxygen atoms in total. The lowest BCUT2D eigenvalue weighted by molar-refractivity contribution is 0.0238. The molecule has 0 aliphatic carbocycles. The van der Waals surface area contributed by atoms with Crippen molar-refractivity contribution < 1.29 is 5.11 Å². The van der Waals surface area contributed by atoms with Crippen molar-refractivity contribution in [3.63, 3.8) is 0 Å². The number of aromatic nitrogens is 2. The molecule has 0 atom stereocenters. The van der Waals surface area contributed by atoms with Crippen molar-refractivity contribution in [2.24, 2.45) is 0 Å². The first kappa shape index (κ1) is 16.2. The van der Waals surface area contributed by atoms with Crippen LogP contribution in [0.4, 0.5) is 11.6 Å². The summed E-state index contributed by atoms with van der Waals surface area (Å²) in [6.07, 6.45) is 2.53. The van der Waals surface area contributed by atoms with Crippen LogP contribution in [-0.2, 0) is 0 Å². The van der Waals surface area contributed by atoms with Crippen LogP contribution in [0, 0.1) is 0 Å². The molecule has 19 heavy (non-hydrogen) atoms. The van der Waals surface area contributed by atoms with Gasteiger partial charge in [0.05, 0.1) is 11.1 Å². The number of anilines is 2. The molecule has 0 unspecified atom stereocenters. The van der Waals surface area contributed by atoms with Gasteiger partial charge in [-0.25, -0.2) is 9.97 Å². The Morgan fingerprint density at radius 1 is 1.21 bits per heavy atom. The van der Waals surface area contributed by atoms with Crippen molar-refractivity contribution in [1.82, 2.24) is 9.97 Å². The fourth-order valence-electron chi connectivity index (χ4n) is 1.27. The minimum atomic E-state index is -0.881. The predicted molar refractivity (Wildman–Crippen MR) is 82.5 cm³/mol. The largest absolute Gasteiger partial charge is 0.388 e. The smallest absolute Gasteiger partial charge is 0.146 e. The van der Waals surface area contributed by atoms with Crippen molar-refractivity contribution >= 4 is 27.6 Å². The predicted octanol–water partition coefficient (Wildman–Crippen LogP) is 3.02. The second-order valence-electron chi connectivity index (χ2n) is 5.62. The van der Waals surface area contributed by atoms with Gasteiger partial charge in [-0.1, -0.05) is 6.92 Å². The molecule has 1 rings (SSSR count). The third-order valence-electron chi connectivity index (χ3n) is 3.29. The van der Waals surface area contributed by atoms with Crippen LogP contribution in [0.3, 0.4) is 0 Å². The molecule has 1 aromatic heterocycles. The Kier molecular flexibility index (Phi) is 5.15. The molecule has 3 N–H and O–H groups in total. The van der Waals surface area contributed by atoms with Crippen LogP contribution < -0.4 is 10.6 Å². The normalized spacial score (nSPS) is 12.4. The Hall–Kier alpha value is -0.880. The van der Waals surface area contributed by atoms with Crippen LogP contribution >= 0.6 is 15.9 Å². The van der Waals surface area contributed by atoms with Crippen molar-refractivity contribution in [2.75, 3.05) is 17.2 Å². The number of hydrogen-bond acceptors (Lipinski definition) is 5. The van der Waals surface area contributed by atoms with E-state index in [9.17, 15) is 5.11 Å². The monoisotopic (exact) mass is 330 g/mol. The lowest BCUT2D eigenvalue weighted by atomic mass is 9.86. The summed E-state index contributed by atoms with van der Waals surface area (Å²) >= 11 is 3.50. The van der Waals surface area contributed by atoms with E-state index >= 15 is 0 Å². The van der Waals surface area contributed by atoms with Crippen molar-refractivity contribution in [3.05, 3.63) is 10.8 Å². The summed E-state index contributed by atoms with van der Waals surface area (Å²) in [6, 6.07) is 0. The topological polar surface area (TPSA) is 70.1 Å². The molecule has 0 aliphatic rings. The van der Waals surface area contributed by atoms with E-state index in [0.717, 1.165) is 23.3 Å². The zero-order chi connectivity index (χ0) is 14.7. The minimum absolute atomic E-state index is 0.522. The Balaban J connectivity index is 2.96. The van der Waals surface area contributed by atoms with E-state index in [2.05, 4.69) is 43.5 Å².